The number of imidazole rings is 1. The zero-order chi connectivity index (χ0) is 22.5. The number of hydrogen-bond acceptors (Lipinski definition) is 1. The van der Waals surface area contributed by atoms with E-state index in [2.05, 4.69) is 98.5 Å². The van der Waals surface area contributed by atoms with Crippen LogP contribution in [0.4, 0.5) is 13.2 Å². The van der Waals surface area contributed by atoms with Gasteiger partial charge in [-0.15, -0.1) is 0 Å². The quantitative estimate of drug-likeness (QED) is 0.209. The number of alkyl halides is 3. The zero-order valence-electron chi connectivity index (χ0n) is 16.7. The molecule has 3 nitrogen and oxygen atoms in total. The van der Waals surface area contributed by atoms with Gasteiger partial charge < -0.3 is 0 Å². The van der Waals surface area contributed by atoms with Gasteiger partial charge in [0, 0.05) is 52.3 Å². The molecule has 0 atom stereocenters. The van der Waals surface area contributed by atoms with E-state index in [0.29, 0.717) is 6.54 Å². The Morgan fingerprint density at radius 2 is 1.53 bits per heavy atom. The molecule has 2 aromatic carbocycles. The Labute approximate surface area is 213 Å². The molecular weight excluding hydrogens is 800 g/mol. The van der Waals surface area contributed by atoms with E-state index in [0.717, 1.165) is 28.0 Å². The van der Waals surface area contributed by atoms with Gasteiger partial charge in [-0.05, 0) is 30.5 Å². The van der Waals surface area contributed by atoms with Gasteiger partial charge in [-0.3, -0.25) is 0 Å². The first kappa shape index (κ1) is 25.8. The summed E-state index contributed by atoms with van der Waals surface area (Å²) in [7, 11) is 1.92. The summed E-state index contributed by atoms with van der Waals surface area (Å²) in [5.74, 6) is 0. The molecule has 0 fully saturated rings. The van der Waals surface area contributed by atoms with Crippen molar-refractivity contribution in [3.63, 3.8) is 0 Å². The third-order valence-electron chi connectivity index (χ3n) is 4.47. The van der Waals surface area contributed by atoms with Crippen LogP contribution in [0.5, 0.6) is 0 Å². The first-order chi connectivity index (χ1) is 14.0. The summed E-state index contributed by atoms with van der Waals surface area (Å²) >= 11 is 6.75. The van der Waals surface area contributed by atoms with E-state index in [1.165, 1.54) is 28.8 Å². The Morgan fingerprint density at radius 3 is 2.00 bits per heavy atom. The fourth-order valence-corrected chi connectivity index (χ4v) is 3.95. The van der Waals surface area contributed by atoms with E-state index in [4.69, 9.17) is 0 Å². The predicted octanol–water partition coefficient (Wildman–Crippen LogP) is 6.78. The Kier molecular flexibility index (Phi) is 9.83. The SMILES string of the molecule is Cc1ccc(CN(I)I)cc1C.Cn1ccn(Cc2ccc(C(F)(F)F)cc2)[c]1=[Pt]. The number of rotatable bonds is 4. The molecule has 0 saturated carbocycles. The first-order valence-corrected chi connectivity index (χ1v) is 12.0. The molecule has 9 heteroatoms. The predicted molar refractivity (Wildman–Crippen MR) is 127 cm³/mol. The van der Waals surface area contributed by atoms with Crippen molar-refractivity contribution < 1.29 is 32.5 Å². The molecule has 0 aliphatic rings. The molecule has 0 aliphatic heterocycles. The van der Waals surface area contributed by atoms with Crippen molar-refractivity contribution >= 4 is 45.7 Å². The number of halogens is 5. The van der Waals surface area contributed by atoms with Gasteiger partial charge in [-0.25, -0.2) is 0 Å². The normalized spacial score (nSPS) is 11.4. The molecule has 0 bridgehead atoms. The van der Waals surface area contributed by atoms with Gasteiger partial charge >= 0.3 is 113 Å². The summed E-state index contributed by atoms with van der Waals surface area (Å²) in [5, 5.41) is 0. The molecule has 0 amide bonds. The molecule has 3 rings (SSSR count). The summed E-state index contributed by atoms with van der Waals surface area (Å²) in [6.45, 7) is 5.87. The molecule has 1 aromatic heterocycles. The summed E-state index contributed by atoms with van der Waals surface area (Å²) < 4.78 is 44.3. The molecule has 0 aliphatic carbocycles. The van der Waals surface area contributed by atoms with Crippen molar-refractivity contribution in [3.8, 4) is 0 Å². The van der Waals surface area contributed by atoms with Crippen LogP contribution >= 0.6 is 45.7 Å². The van der Waals surface area contributed by atoms with Gasteiger partial charge in [0.15, 0.2) is 0 Å². The van der Waals surface area contributed by atoms with Gasteiger partial charge in [0.2, 0.25) is 0 Å². The van der Waals surface area contributed by atoms with Crippen molar-refractivity contribution in [3.05, 3.63) is 86.5 Å². The van der Waals surface area contributed by atoms with Crippen molar-refractivity contribution in [1.29, 1.82) is 0 Å². The summed E-state index contributed by atoms with van der Waals surface area (Å²) in [6.07, 6.45) is -0.459. The van der Waals surface area contributed by atoms with Gasteiger partial charge in [-0.1, -0.05) is 18.2 Å². The average Bonchev–Trinajstić information content (AvgIpc) is 2.97. The van der Waals surface area contributed by atoms with Crippen molar-refractivity contribution in [2.24, 2.45) is 7.05 Å². The summed E-state index contributed by atoms with van der Waals surface area (Å²) in [6, 6.07) is 11.9. The molecule has 0 N–H and O–H groups in total. The second-order valence-corrected chi connectivity index (χ2v) is 12.0. The average molecular weight is 822 g/mol. The molecule has 0 spiro atoms. The monoisotopic (exact) mass is 822 g/mol. The molecule has 0 radical (unpaired) electrons. The Bertz CT molecular complexity index is 1030. The van der Waals surface area contributed by atoms with Crippen molar-refractivity contribution in [2.75, 3.05) is 0 Å². The Morgan fingerprint density at radius 1 is 0.933 bits per heavy atom. The van der Waals surface area contributed by atoms with Crippen LogP contribution in [0, 0.1) is 17.7 Å². The van der Waals surface area contributed by atoms with E-state index in [-0.39, 0.29) is 0 Å². The maximum atomic E-state index is 12.4. The molecule has 0 unspecified atom stereocenters. The molecule has 30 heavy (non-hydrogen) atoms. The second kappa shape index (κ2) is 11.4. The van der Waals surface area contributed by atoms with Crippen LogP contribution in [0.2, 0.25) is 0 Å². The van der Waals surface area contributed by atoms with E-state index >= 15 is 0 Å². The Balaban J connectivity index is 0.000000232. The third-order valence-corrected chi connectivity index (χ3v) is 6.60. The van der Waals surface area contributed by atoms with E-state index < -0.39 is 11.7 Å². The molecule has 3 aromatic rings. The number of nitrogens with zero attached hydrogens (tertiary/aromatic N) is 3. The number of aryl methyl sites for hydroxylation is 3. The Hall–Kier alpha value is -0.452. The van der Waals surface area contributed by atoms with Crippen molar-refractivity contribution in [2.45, 2.75) is 33.1 Å². The molecular formula is C21H22F3I2N3Pt. The van der Waals surface area contributed by atoms with Crippen LogP contribution in [0.1, 0.15) is 27.8 Å². The van der Waals surface area contributed by atoms with Crippen LogP contribution in [-0.2, 0) is 45.7 Å². The van der Waals surface area contributed by atoms with Crippen LogP contribution in [0.15, 0.2) is 54.9 Å². The fourth-order valence-electron chi connectivity index (χ4n) is 2.65. The number of benzene rings is 2. The summed E-state index contributed by atoms with van der Waals surface area (Å²) in [4.78, 5) is 0. The van der Waals surface area contributed by atoms with Crippen LogP contribution in [0.3, 0.4) is 0 Å². The molecule has 1 heterocycles. The minimum absolute atomic E-state index is 0.567. The number of hydrogen-bond donors (Lipinski definition) is 0. The standard InChI is InChI=1S/C12H11F3N2.C9H11I2N.Pt/c1-16-6-7-17(9-16)8-10-2-4-11(5-3-10)12(13,14)15;1-7-3-4-9(5-8(7)2)6-12(10)11;/h2-7H,8H2,1H3;3-5H,6H2,1-2H3;. The maximum absolute atomic E-state index is 12.4. The summed E-state index contributed by atoms with van der Waals surface area (Å²) in [5.41, 5.74) is 4.35. The molecule has 166 valence electrons. The van der Waals surface area contributed by atoms with Gasteiger partial charge in [-0.2, -0.15) is 1.33 Å². The number of aromatic nitrogens is 2. The van der Waals surface area contributed by atoms with E-state index in [1.54, 1.807) is 0 Å². The molecule has 0 saturated heterocycles. The fraction of sp³-hybridized carbons (Fsp3) is 0.286. The van der Waals surface area contributed by atoms with E-state index in [9.17, 15) is 13.2 Å². The third kappa shape index (κ3) is 7.91. The van der Waals surface area contributed by atoms with Gasteiger partial charge in [0.25, 0.3) is 0 Å². The zero-order valence-corrected chi connectivity index (χ0v) is 23.2. The van der Waals surface area contributed by atoms with Crippen LogP contribution in [-0.4, -0.2) is 10.5 Å². The van der Waals surface area contributed by atoms with Crippen LogP contribution < -0.4 is 0 Å². The van der Waals surface area contributed by atoms with Crippen molar-refractivity contribution in [1.82, 2.24) is 10.5 Å². The minimum atomic E-state index is -4.27. The topological polar surface area (TPSA) is 13.1 Å². The van der Waals surface area contributed by atoms with Gasteiger partial charge in [0.1, 0.15) is 0 Å². The van der Waals surface area contributed by atoms with E-state index in [1.807, 2.05) is 28.6 Å². The van der Waals surface area contributed by atoms with Gasteiger partial charge in [0.05, 0.1) is 0 Å². The van der Waals surface area contributed by atoms with Crippen LogP contribution in [0.25, 0.3) is 0 Å². The first-order valence-electron chi connectivity index (χ1n) is 8.96. The second-order valence-electron chi connectivity index (χ2n) is 6.85.